The minimum absolute atomic E-state index is 0.542. The van der Waals surface area contributed by atoms with Crippen molar-refractivity contribution in [1.82, 2.24) is 10.3 Å². The maximum atomic E-state index is 10.4. The molecule has 3 N–H and O–H groups in total. The fraction of sp³-hybridized carbons (Fsp3) is 0.750. The number of hydrogen-bond acceptors (Lipinski definition) is 3. The second kappa shape index (κ2) is 3.33. The Morgan fingerprint density at radius 3 is 3.23 bits per heavy atom. The molecule has 0 aromatic carbocycles. The molecule has 5 nitrogen and oxygen atoms in total. The van der Waals surface area contributed by atoms with Gasteiger partial charge in [-0.2, -0.15) is 5.10 Å². The van der Waals surface area contributed by atoms with E-state index >= 15 is 0 Å². The molecule has 13 heavy (non-hydrogen) atoms. The minimum Gasteiger partial charge on any atom is -0.350 e. The SMILES string of the molecule is NC(=O)NN=C1CCN2CCC1C2. The number of carbonyl (C=O) groups is 1. The normalized spacial score (nSPS) is 34.9. The summed E-state index contributed by atoms with van der Waals surface area (Å²) in [6.07, 6.45) is 2.13. The van der Waals surface area contributed by atoms with Crippen LogP contribution in [0, 0.1) is 5.92 Å². The first-order valence-corrected chi connectivity index (χ1v) is 4.60. The van der Waals surface area contributed by atoms with E-state index in [1.165, 1.54) is 13.0 Å². The maximum Gasteiger partial charge on any atom is 0.332 e. The Kier molecular flexibility index (Phi) is 2.18. The van der Waals surface area contributed by atoms with Gasteiger partial charge in [0.05, 0.1) is 0 Å². The Balaban J connectivity index is 1.99. The van der Waals surface area contributed by atoms with Crippen molar-refractivity contribution in [3.05, 3.63) is 0 Å². The number of hydrogen-bond donors (Lipinski definition) is 2. The zero-order valence-electron chi connectivity index (χ0n) is 7.49. The molecule has 2 aliphatic heterocycles. The largest absolute Gasteiger partial charge is 0.350 e. The molecule has 72 valence electrons. The van der Waals surface area contributed by atoms with E-state index in [0.717, 1.165) is 25.2 Å². The summed E-state index contributed by atoms with van der Waals surface area (Å²) in [7, 11) is 0. The van der Waals surface area contributed by atoms with Crippen molar-refractivity contribution in [1.29, 1.82) is 0 Å². The number of fused-ring (bicyclic) bond motifs is 2. The van der Waals surface area contributed by atoms with Crippen LogP contribution in [0.1, 0.15) is 12.8 Å². The second-order valence-corrected chi connectivity index (χ2v) is 3.62. The predicted molar refractivity (Wildman–Crippen MR) is 49.3 cm³/mol. The molecule has 5 heteroatoms. The van der Waals surface area contributed by atoms with Gasteiger partial charge in [0.25, 0.3) is 0 Å². The highest BCUT2D eigenvalue weighted by Crippen LogP contribution is 2.24. The van der Waals surface area contributed by atoms with Crippen molar-refractivity contribution in [2.45, 2.75) is 12.8 Å². The Morgan fingerprint density at radius 1 is 1.62 bits per heavy atom. The quantitative estimate of drug-likeness (QED) is 0.548. The highest BCUT2D eigenvalue weighted by atomic mass is 16.2. The van der Waals surface area contributed by atoms with Gasteiger partial charge in [0, 0.05) is 31.1 Å². The number of piperidine rings is 1. The van der Waals surface area contributed by atoms with E-state index in [1.807, 2.05) is 0 Å². The summed E-state index contributed by atoms with van der Waals surface area (Å²) in [6.45, 7) is 3.33. The molecule has 0 aromatic rings. The molecular weight excluding hydrogens is 168 g/mol. The molecule has 2 bridgehead atoms. The van der Waals surface area contributed by atoms with Crippen molar-refractivity contribution >= 4 is 11.7 Å². The smallest absolute Gasteiger partial charge is 0.332 e. The number of carbonyl (C=O) groups excluding carboxylic acids is 1. The van der Waals surface area contributed by atoms with E-state index in [9.17, 15) is 4.79 Å². The summed E-state index contributed by atoms with van der Waals surface area (Å²) in [5.74, 6) is 0.542. The Labute approximate surface area is 77.0 Å². The number of nitrogens with two attached hydrogens (primary N) is 1. The van der Waals surface area contributed by atoms with Gasteiger partial charge in [-0.05, 0) is 13.0 Å². The fourth-order valence-electron chi connectivity index (χ4n) is 2.06. The average Bonchev–Trinajstić information content (AvgIpc) is 2.47. The van der Waals surface area contributed by atoms with Crippen LogP contribution in [0.15, 0.2) is 5.10 Å². The van der Waals surface area contributed by atoms with Crippen LogP contribution in [0.3, 0.4) is 0 Å². The summed E-state index contributed by atoms with van der Waals surface area (Å²) in [5.41, 5.74) is 8.35. The van der Waals surface area contributed by atoms with Crippen molar-refractivity contribution in [3.8, 4) is 0 Å². The van der Waals surface area contributed by atoms with Crippen LogP contribution in [0.25, 0.3) is 0 Å². The van der Waals surface area contributed by atoms with Crippen molar-refractivity contribution in [2.24, 2.45) is 16.8 Å². The number of rotatable bonds is 1. The lowest BCUT2D eigenvalue weighted by atomic mass is 9.98. The van der Waals surface area contributed by atoms with Gasteiger partial charge in [-0.15, -0.1) is 0 Å². The number of hydrazone groups is 1. The molecule has 2 aliphatic rings. The van der Waals surface area contributed by atoms with Gasteiger partial charge < -0.3 is 10.6 Å². The van der Waals surface area contributed by atoms with Crippen molar-refractivity contribution in [3.63, 3.8) is 0 Å². The molecule has 0 radical (unpaired) electrons. The molecule has 2 saturated heterocycles. The molecule has 2 amide bonds. The Morgan fingerprint density at radius 2 is 2.46 bits per heavy atom. The van der Waals surface area contributed by atoms with E-state index in [0.29, 0.717) is 5.92 Å². The van der Waals surface area contributed by atoms with E-state index in [1.54, 1.807) is 0 Å². The molecule has 0 aromatic heterocycles. The molecule has 2 atom stereocenters. The fourth-order valence-corrected chi connectivity index (χ4v) is 2.06. The van der Waals surface area contributed by atoms with E-state index in [2.05, 4.69) is 15.4 Å². The average molecular weight is 182 g/mol. The molecular formula is C8H14N4O. The van der Waals surface area contributed by atoms with E-state index in [4.69, 9.17) is 5.73 Å². The second-order valence-electron chi connectivity index (χ2n) is 3.62. The molecule has 2 fully saturated rings. The number of nitrogens with one attached hydrogen (secondary N) is 1. The van der Waals surface area contributed by atoms with Crippen LogP contribution in [0.5, 0.6) is 0 Å². The van der Waals surface area contributed by atoms with Gasteiger partial charge in [0.1, 0.15) is 0 Å². The molecule has 0 spiro atoms. The molecule has 2 unspecified atom stereocenters. The molecule has 0 saturated carbocycles. The van der Waals surface area contributed by atoms with Gasteiger partial charge >= 0.3 is 6.03 Å². The zero-order chi connectivity index (χ0) is 9.26. The third-order valence-corrected chi connectivity index (χ3v) is 2.74. The number of nitrogens with zero attached hydrogens (tertiary/aromatic N) is 2. The lowest BCUT2D eigenvalue weighted by Gasteiger charge is -2.23. The molecule has 0 aliphatic carbocycles. The first kappa shape index (κ1) is 8.50. The van der Waals surface area contributed by atoms with Crippen LogP contribution in [0.4, 0.5) is 4.79 Å². The first-order chi connectivity index (χ1) is 6.25. The highest BCUT2D eigenvalue weighted by Gasteiger charge is 2.31. The number of primary amides is 1. The van der Waals surface area contributed by atoms with Crippen molar-refractivity contribution in [2.75, 3.05) is 19.6 Å². The standard InChI is InChI=1S/C8H14N4O/c9-8(13)11-10-7-2-4-12-3-1-6(7)5-12/h6H,1-5H2,(H3,9,11,13). The third kappa shape index (κ3) is 1.80. The van der Waals surface area contributed by atoms with Crippen molar-refractivity contribution < 1.29 is 4.79 Å². The van der Waals surface area contributed by atoms with Crippen LogP contribution in [-0.4, -0.2) is 36.3 Å². The van der Waals surface area contributed by atoms with Crippen LogP contribution in [0.2, 0.25) is 0 Å². The monoisotopic (exact) mass is 182 g/mol. The Bertz CT molecular complexity index is 251. The zero-order valence-corrected chi connectivity index (χ0v) is 7.49. The number of amides is 2. The number of urea groups is 1. The van der Waals surface area contributed by atoms with Crippen LogP contribution >= 0.6 is 0 Å². The maximum absolute atomic E-state index is 10.4. The van der Waals surface area contributed by atoms with Gasteiger partial charge in [0.2, 0.25) is 0 Å². The summed E-state index contributed by atoms with van der Waals surface area (Å²) < 4.78 is 0. The molecule has 2 rings (SSSR count). The van der Waals surface area contributed by atoms with Gasteiger partial charge in [0.15, 0.2) is 0 Å². The van der Waals surface area contributed by atoms with Crippen LogP contribution < -0.4 is 11.2 Å². The Hall–Kier alpha value is -1.10. The third-order valence-electron chi connectivity index (χ3n) is 2.74. The van der Waals surface area contributed by atoms with E-state index < -0.39 is 6.03 Å². The van der Waals surface area contributed by atoms with Gasteiger partial charge in [-0.25, -0.2) is 10.2 Å². The summed E-state index contributed by atoms with van der Waals surface area (Å²) in [6, 6.07) is -0.576. The molecule has 2 heterocycles. The highest BCUT2D eigenvalue weighted by molar-refractivity contribution is 5.89. The topological polar surface area (TPSA) is 70.7 Å². The van der Waals surface area contributed by atoms with Gasteiger partial charge in [-0.1, -0.05) is 0 Å². The lowest BCUT2D eigenvalue weighted by molar-refractivity contribution is 0.249. The summed E-state index contributed by atoms with van der Waals surface area (Å²) in [4.78, 5) is 12.9. The summed E-state index contributed by atoms with van der Waals surface area (Å²) >= 11 is 0. The lowest BCUT2D eigenvalue weighted by Crippen LogP contribution is -2.34. The van der Waals surface area contributed by atoms with Gasteiger partial charge in [-0.3, -0.25) is 0 Å². The van der Waals surface area contributed by atoms with Crippen LogP contribution in [-0.2, 0) is 0 Å². The minimum atomic E-state index is -0.576. The first-order valence-electron chi connectivity index (χ1n) is 4.60. The summed E-state index contributed by atoms with van der Waals surface area (Å²) in [5, 5.41) is 4.03. The van der Waals surface area contributed by atoms with E-state index in [-0.39, 0.29) is 0 Å². The predicted octanol–water partition coefficient (Wildman–Crippen LogP) is -0.264.